The van der Waals surface area contributed by atoms with E-state index in [9.17, 15) is 22.8 Å². The Balaban J connectivity index is 1.96. The van der Waals surface area contributed by atoms with Crippen molar-refractivity contribution in [1.82, 2.24) is 10.9 Å². The minimum absolute atomic E-state index is 0.0608. The first kappa shape index (κ1) is 19.8. The summed E-state index contributed by atoms with van der Waals surface area (Å²) in [6.45, 7) is -3.00. The first-order valence-corrected chi connectivity index (χ1v) is 7.56. The number of nitrogens with one attached hydrogen (secondary N) is 2. The molecule has 0 unspecified atom stereocenters. The second kappa shape index (κ2) is 9.27. The zero-order valence-electron chi connectivity index (χ0n) is 14.0. The molecule has 6 nitrogen and oxygen atoms in total. The van der Waals surface area contributed by atoms with Crippen molar-refractivity contribution in [3.05, 3.63) is 65.5 Å². The van der Waals surface area contributed by atoms with Gasteiger partial charge in [0.1, 0.15) is 5.82 Å². The van der Waals surface area contributed by atoms with Gasteiger partial charge in [0, 0.05) is 6.08 Å². The monoisotopic (exact) mass is 380 g/mol. The summed E-state index contributed by atoms with van der Waals surface area (Å²) < 4.78 is 47.3. The van der Waals surface area contributed by atoms with E-state index in [0.29, 0.717) is 5.56 Å². The highest BCUT2D eigenvalue weighted by Crippen LogP contribution is 2.29. The minimum Gasteiger partial charge on any atom is -0.493 e. The van der Waals surface area contributed by atoms with Crippen molar-refractivity contribution < 1.29 is 32.2 Å². The summed E-state index contributed by atoms with van der Waals surface area (Å²) in [5.41, 5.74) is 4.41. The molecule has 0 aliphatic carbocycles. The molecule has 27 heavy (non-hydrogen) atoms. The van der Waals surface area contributed by atoms with Gasteiger partial charge in [-0.25, -0.2) is 4.39 Å². The van der Waals surface area contributed by atoms with E-state index in [-0.39, 0.29) is 17.1 Å². The van der Waals surface area contributed by atoms with Crippen molar-refractivity contribution in [2.24, 2.45) is 0 Å². The highest BCUT2D eigenvalue weighted by molar-refractivity contribution is 5.98. The maximum atomic E-state index is 13.5. The van der Waals surface area contributed by atoms with Crippen LogP contribution in [-0.2, 0) is 4.79 Å². The number of carbonyl (C=O) groups excluding carboxylic acids is 2. The highest BCUT2D eigenvalue weighted by Gasteiger charge is 2.12. The normalized spacial score (nSPS) is 10.7. The Morgan fingerprint density at radius 2 is 1.81 bits per heavy atom. The van der Waals surface area contributed by atoms with Crippen LogP contribution in [0.25, 0.3) is 6.08 Å². The Bertz CT molecular complexity index is 856. The Labute approximate surface area is 152 Å². The summed E-state index contributed by atoms with van der Waals surface area (Å²) in [6, 6.07) is 9.38. The van der Waals surface area contributed by atoms with Gasteiger partial charge < -0.3 is 9.47 Å². The van der Waals surface area contributed by atoms with E-state index in [1.807, 2.05) is 0 Å². The molecule has 0 aromatic heterocycles. The molecule has 0 spiro atoms. The number of methoxy groups -OCH3 is 1. The summed E-state index contributed by atoms with van der Waals surface area (Å²) in [5.74, 6) is -2.31. The van der Waals surface area contributed by atoms with Crippen LogP contribution in [0.4, 0.5) is 13.2 Å². The van der Waals surface area contributed by atoms with Crippen molar-refractivity contribution in [2.45, 2.75) is 6.61 Å². The van der Waals surface area contributed by atoms with Gasteiger partial charge in [0.25, 0.3) is 11.8 Å². The average Bonchev–Trinajstić information content (AvgIpc) is 2.65. The molecule has 2 rings (SSSR count). The van der Waals surface area contributed by atoms with Crippen LogP contribution in [0.2, 0.25) is 0 Å². The number of hydrogen-bond donors (Lipinski definition) is 2. The molecule has 2 aromatic carbocycles. The Hall–Kier alpha value is -3.49. The van der Waals surface area contributed by atoms with Crippen LogP contribution in [0.3, 0.4) is 0 Å². The lowest BCUT2D eigenvalue weighted by atomic mass is 10.2. The van der Waals surface area contributed by atoms with Gasteiger partial charge in [-0.05, 0) is 35.9 Å². The van der Waals surface area contributed by atoms with E-state index in [4.69, 9.17) is 4.74 Å². The topological polar surface area (TPSA) is 76.7 Å². The summed E-state index contributed by atoms with van der Waals surface area (Å²) in [4.78, 5) is 23.5. The summed E-state index contributed by atoms with van der Waals surface area (Å²) >= 11 is 0. The molecule has 0 fully saturated rings. The van der Waals surface area contributed by atoms with Crippen LogP contribution >= 0.6 is 0 Å². The van der Waals surface area contributed by atoms with Crippen LogP contribution in [0.5, 0.6) is 11.5 Å². The third kappa shape index (κ3) is 5.77. The van der Waals surface area contributed by atoms with Gasteiger partial charge in [-0.1, -0.05) is 18.2 Å². The standard InChI is InChI=1S/C18H15F3N2O4/c1-26-15-10-11(6-8-14(15)27-18(20)21)7-9-16(24)22-23-17(25)12-4-2-3-5-13(12)19/h2-10,18H,1H3,(H,22,24)(H,23,25)/b9-7+. The molecular weight excluding hydrogens is 365 g/mol. The quantitative estimate of drug-likeness (QED) is 0.597. The number of halogens is 3. The van der Waals surface area contributed by atoms with Crippen LogP contribution in [0.1, 0.15) is 15.9 Å². The van der Waals surface area contributed by atoms with Crippen LogP contribution < -0.4 is 20.3 Å². The predicted octanol–water partition coefficient (Wildman–Crippen LogP) is 2.91. The van der Waals surface area contributed by atoms with Gasteiger partial charge in [-0.2, -0.15) is 8.78 Å². The van der Waals surface area contributed by atoms with E-state index >= 15 is 0 Å². The summed E-state index contributed by atoms with van der Waals surface area (Å²) in [5, 5.41) is 0. The molecule has 0 heterocycles. The number of carbonyl (C=O) groups is 2. The molecule has 0 radical (unpaired) electrons. The maximum Gasteiger partial charge on any atom is 0.387 e. The fourth-order valence-electron chi connectivity index (χ4n) is 2.03. The average molecular weight is 380 g/mol. The Morgan fingerprint density at radius 3 is 2.48 bits per heavy atom. The van der Waals surface area contributed by atoms with Crippen molar-refractivity contribution in [2.75, 3.05) is 7.11 Å². The van der Waals surface area contributed by atoms with Gasteiger partial charge in [0.15, 0.2) is 11.5 Å². The minimum atomic E-state index is -3.00. The molecule has 0 saturated heterocycles. The number of ether oxygens (including phenoxy) is 2. The van der Waals surface area contributed by atoms with Crippen LogP contribution in [0, 0.1) is 5.82 Å². The third-order valence-corrected chi connectivity index (χ3v) is 3.25. The van der Waals surface area contributed by atoms with Crippen LogP contribution in [-0.4, -0.2) is 25.5 Å². The number of alkyl halides is 2. The molecule has 0 bridgehead atoms. The van der Waals surface area contributed by atoms with Crippen molar-refractivity contribution >= 4 is 17.9 Å². The predicted molar refractivity (Wildman–Crippen MR) is 90.7 cm³/mol. The lowest BCUT2D eigenvalue weighted by Crippen LogP contribution is -2.41. The molecule has 2 amide bonds. The first-order valence-electron chi connectivity index (χ1n) is 7.56. The molecule has 0 aliphatic heterocycles. The maximum absolute atomic E-state index is 13.5. The molecule has 9 heteroatoms. The zero-order chi connectivity index (χ0) is 19.8. The number of rotatable bonds is 6. The lowest BCUT2D eigenvalue weighted by Gasteiger charge is -2.10. The SMILES string of the molecule is COc1cc(/C=C/C(=O)NNC(=O)c2ccccc2F)ccc1OC(F)F. The first-order chi connectivity index (χ1) is 12.9. The number of hydrogen-bond acceptors (Lipinski definition) is 4. The fraction of sp³-hybridized carbons (Fsp3) is 0.111. The van der Waals surface area contributed by atoms with Crippen molar-refractivity contribution in [3.63, 3.8) is 0 Å². The number of hydrazine groups is 1. The van der Waals surface area contributed by atoms with Crippen molar-refractivity contribution in [1.29, 1.82) is 0 Å². The second-order valence-electron chi connectivity index (χ2n) is 5.05. The second-order valence-corrected chi connectivity index (χ2v) is 5.05. The van der Waals surface area contributed by atoms with Crippen molar-refractivity contribution in [3.8, 4) is 11.5 Å². The third-order valence-electron chi connectivity index (χ3n) is 3.25. The number of amides is 2. The van der Waals surface area contributed by atoms with Gasteiger partial charge >= 0.3 is 6.61 Å². The van der Waals surface area contributed by atoms with Gasteiger partial charge in [-0.15, -0.1) is 0 Å². The van der Waals surface area contributed by atoms with E-state index < -0.39 is 24.2 Å². The largest absolute Gasteiger partial charge is 0.493 e. The molecule has 2 aromatic rings. The molecule has 0 atom stereocenters. The Kier molecular flexibility index (Phi) is 6.81. The fourth-order valence-corrected chi connectivity index (χ4v) is 2.03. The van der Waals surface area contributed by atoms with Gasteiger partial charge in [0.05, 0.1) is 12.7 Å². The van der Waals surface area contributed by atoms with Gasteiger partial charge in [0.2, 0.25) is 0 Å². The van der Waals surface area contributed by atoms with Crippen LogP contribution in [0.15, 0.2) is 48.5 Å². The van der Waals surface area contributed by atoms with Gasteiger partial charge in [-0.3, -0.25) is 20.4 Å². The molecule has 142 valence electrons. The van der Waals surface area contributed by atoms with E-state index in [1.165, 1.54) is 49.6 Å². The zero-order valence-corrected chi connectivity index (χ0v) is 14.0. The molecule has 0 saturated carbocycles. The molecular formula is C18H15F3N2O4. The molecule has 2 N–H and O–H groups in total. The van der Waals surface area contributed by atoms with E-state index in [2.05, 4.69) is 15.6 Å². The smallest absolute Gasteiger partial charge is 0.387 e. The summed E-state index contributed by atoms with van der Waals surface area (Å²) in [6.07, 6.45) is 2.45. The van der Waals surface area contributed by atoms with E-state index in [1.54, 1.807) is 0 Å². The summed E-state index contributed by atoms with van der Waals surface area (Å²) in [7, 11) is 1.28. The number of benzene rings is 2. The van der Waals surface area contributed by atoms with E-state index in [0.717, 1.165) is 12.1 Å². The Morgan fingerprint density at radius 1 is 1.07 bits per heavy atom. The highest BCUT2D eigenvalue weighted by atomic mass is 19.3. The molecule has 0 aliphatic rings. The lowest BCUT2D eigenvalue weighted by molar-refractivity contribution is -0.117.